The molecule has 1 fully saturated rings. The molecule has 2 amide bonds. The highest BCUT2D eigenvalue weighted by atomic mass is 79.9. The first kappa shape index (κ1) is 22.8. The number of hydrogen-bond donors (Lipinski definition) is 2. The van der Waals surface area contributed by atoms with Gasteiger partial charge < -0.3 is 10.4 Å². The molecule has 3 aromatic rings. The van der Waals surface area contributed by atoms with Crippen LogP contribution in [-0.2, 0) is 9.59 Å². The molecular weight excluding hydrogens is 504 g/mol. The Balaban J connectivity index is 1.53. The lowest BCUT2D eigenvalue weighted by Gasteiger charge is -2.15. The largest absolute Gasteiger partial charge is 0.508 e. The van der Waals surface area contributed by atoms with Gasteiger partial charge in [0.15, 0.2) is 5.17 Å². The van der Waals surface area contributed by atoms with Gasteiger partial charge in [-0.1, -0.05) is 58.0 Å². The predicted molar refractivity (Wildman–Crippen MR) is 136 cm³/mol. The Morgan fingerprint density at radius 2 is 1.76 bits per heavy atom. The molecule has 0 radical (unpaired) electrons. The minimum absolute atomic E-state index is 0.0183. The summed E-state index contributed by atoms with van der Waals surface area (Å²) in [5.74, 6) is -0.461. The number of amidine groups is 1. The Labute approximate surface area is 203 Å². The van der Waals surface area contributed by atoms with Gasteiger partial charge in [0.1, 0.15) is 11.0 Å². The second kappa shape index (κ2) is 10.5. The van der Waals surface area contributed by atoms with Crippen molar-refractivity contribution in [3.63, 3.8) is 0 Å². The average molecular weight is 523 g/mol. The summed E-state index contributed by atoms with van der Waals surface area (Å²) >= 11 is 4.54. The van der Waals surface area contributed by atoms with E-state index >= 15 is 0 Å². The van der Waals surface area contributed by atoms with Gasteiger partial charge in [0.25, 0.3) is 0 Å². The molecule has 1 aliphatic rings. The van der Waals surface area contributed by atoms with E-state index in [1.165, 1.54) is 28.8 Å². The van der Waals surface area contributed by atoms with Crippen LogP contribution in [0.15, 0.2) is 93.5 Å². The third-order valence-electron chi connectivity index (χ3n) is 4.69. The van der Waals surface area contributed by atoms with E-state index in [0.717, 1.165) is 10.0 Å². The Kier molecular flexibility index (Phi) is 7.21. The number of hydrogen-bond acceptors (Lipinski definition) is 6. The molecule has 1 atom stereocenters. The smallest absolute Gasteiger partial charge is 0.247 e. The molecular formula is C24H19BrN4O3S. The highest BCUT2D eigenvalue weighted by Crippen LogP contribution is 2.34. The zero-order valence-corrected chi connectivity index (χ0v) is 19.7. The van der Waals surface area contributed by atoms with Crippen molar-refractivity contribution < 1.29 is 14.7 Å². The second-order valence-electron chi connectivity index (χ2n) is 7.09. The van der Waals surface area contributed by atoms with Crippen molar-refractivity contribution in [2.45, 2.75) is 11.7 Å². The number of carbonyl (C=O) groups is 2. The number of phenols is 1. The van der Waals surface area contributed by atoms with Gasteiger partial charge in [-0.2, -0.15) is 5.10 Å². The number of phenolic OH excluding ortho intramolecular Hbond substituents is 1. The van der Waals surface area contributed by atoms with Gasteiger partial charge >= 0.3 is 0 Å². The lowest BCUT2D eigenvalue weighted by atomic mass is 10.2. The van der Waals surface area contributed by atoms with Gasteiger partial charge in [0.05, 0.1) is 11.9 Å². The molecule has 0 spiro atoms. The molecule has 33 heavy (non-hydrogen) atoms. The summed E-state index contributed by atoms with van der Waals surface area (Å²) in [5, 5.41) is 20.5. The molecule has 166 valence electrons. The van der Waals surface area contributed by atoms with Crippen molar-refractivity contribution in [1.82, 2.24) is 0 Å². The highest BCUT2D eigenvalue weighted by molar-refractivity contribution is 9.10. The summed E-state index contributed by atoms with van der Waals surface area (Å²) in [4.78, 5) is 27.2. The van der Waals surface area contributed by atoms with E-state index in [1.54, 1.807) is 30.5 Å². The maximum absolute atomic E-state index is 13.2. The van der Waals surface area contributed by atoms with Crippen LogP contribution in [0.5, 0.6) is 5.75 Å². The predicted octanol–water partition coefficient (Wildman–Crippen LogP) is 5.02. The van der Waals surface area contributed by atoms with E-state index in [0.29, 0.717) is 16.5 Å². The van der Waals surface area contributed by atoms with Crippen molar-refractivity contribution >= 4 is 62.3 Å². The number of amides is 2. The van der Waals surface area contributed by atoms with Crippen molar-refractivity contribution in [3.05, 3.63) is 88.9 Å². The average Bonchev–Trinajstić information content (AvgIpc) is 3.11. The highest BCUT2D eigenvalue weighted by Gasteiger charge is 2.40. The summed E-state index contributed by atoms with van der Waals surface area (Å²) in [6.07, 6.45) is 1.58. The molecule has 1 saturated heterocycles. The van der Waals surface area contributed by atoms with Crippen molar-refractivity contribution in [3.8, 4) is 5.75 Å². The van der Waals surface area contributed by atoms with Crippen LogP contribution in [0.3, 0.4) is 0 Å². The standard InChI is InChI=1S/C24H19BrN4O3S/c25-17-6-8-18(9-7-17)27-22(31)14-21-23(32)29(19-10-12-20(30)13-11-19)24(33-21)28-26-15-16-4-2-1-3-5-16/h1-13,15,21,30H,14H2,(H,27,31)/b26-15-,28-24-/t21-/m1/s1. The Morgan fingerprint density at radius 3 is 2.45 bits per heavy atom. The Hall–Kier alpha value is -3.43. The molecule has 1 heterocycles. The van der Waals surface area contributed by atoms with Crippen LogP contribution < -0.4 is 10.2 Å². The first-order valence-electron chi connectivity index (χ1n) is 10.0. The quantitative estimate of drug-likeness (QED) is 0.351. The van der Waals surface area contributed by atoms with Gasteiger partial charge in [-0.05, 0) is 54.1 Å². The van der Waals surface area contributed by atoms with E-state index in [1.807, 2.05) is 42.5 Å². The van der Waals surface area contributed by atoms with Gasteiger partial charge in [-0.3, -0.25) is 14.5 Å². The molecule has 3 aromatic carbocycles. The van der Waals surface area contributed by atoms with E-state index in [9.17, 15) is 14.7 Å². The number of halogens is 1. The summed E-state index contributed by atoms with van der Waals surface area (Å²) < 4.78 is 0.906. The van der Waals surface area contributed by atoms with Gasteiger partial charge in [-0.15, -0.1) is 5.10 Å². The second-order valence-corrected chi connectivity index (χ2v) is 9.18. The lowest BCUT2D eigenvalue weighted by Crippen LogP contribution is -2.33. The fourth-order valence-electron chi connectivity index (χ4n) is 3.10. The number of thioether (sulfide) groups is 1. The first-order chi connectivity index (χ1) is 16.0. The molecule has 0 bridgehead atoms. The topological polar surface area (TPSA) is 94.4 Å². The van der Waals surface area contributed by atoms with Crippen LogP contribution in [0.25, 0.3) is 0 Å². The fraction of sp³-hybridized carbons (Fsp3) is 0.0833. The van der Waals surface area contributed by atoms with Gasteiger partial charge in [0.2, 0.25) is 11.8 Å². The first-order valence-corrected chi connectivity index (χ1v) is 11.7. The van der Waals surface area contributed by atoms with Gasteiger partial charge in [-0.25, -0.2) is 0 Å². The number of benzene rings is 3. The van der Waals surface area contributed by atoms with E-state index in [2.05, 4.69) is 31.4 Å². The molecule has 0 unspecified atom stereocenters. The monoisotopic (exact) mass is 522 g/mol. The lowest BCUT2D eigenvalue weighted by molar-refractivity contribution is -0.121. The van der Waals surface area contributed by atoms with Crippen molar-refractivity contribution in [1.29, 1.82) is 0 Å². The zero-order valence-electron chi connectivity index (χ0n) is 17.3. The number of nitrogens with one attached hydrogen (secondary N) is 1. The molecule has 9 heteroatoms. The SMILES string of the molecule is O=C(C[C@H]1S/C(=N\N=C/c2ccccc2)N(c2ccc(O)cc2)C1=O)Nc1ccc(Br)cc1. The van der Waals surface area contributed by atoms with E-state index < -0.39 is 5.25 Å². The summed E-state index contributed by atoms with van der Waals surface area (Å²) in [6, 6.07) is 22.9. The molecule has 7 nitrogen and oxygen atoms in total. The molecule has 0 aliphatic carbocycles. The minimum Gasteiger partial charge on any atom is -0.508 e. The van der Waals surface area contributed by atoms with E-state index in [4.69, 9.17) is 0 Å². The fourth-order valence-corrected chi connectivity index (χ4v) is 4.46. The van der Waals surface area contributed by atoms with Crippen LogP contribution in [0.1, 0.15) is 12.0 Å². The third-order valence-corrected chi connectivity index (χ3v) is 6.35. The van der Waals surface area contributed by atoms with Crippen molar-refractivity contribution in [2.75, 3.05) is 10.2 Å². The van der Waals surface area contributed by atoms with E-state index in [-0.39, 0.29) is 24.0 Å². The molecule has 0 saturated carbocycles. The normalized spacial score (nSPS) is 17.1. The number of aromatic hydroxyl groups is 1. The number of nitrogens with zero attached hydrogens (tertiary/aromatic N) is 3. The minimum atomic E-state index is -0.653. The maximum Gasteiger partial charge on any atom is 0.247 e. The number of carbonyl (C=O) groups excluding carboxylic acids is 2. The molecule has 0 aromatic heterocycles. The summed E-state index contributed by atoms with van der Waals surface area (Å²) in [5.41, 5.74) is 2.06. The van der Waals surface area contributed by atoms with Crippen LogP contribution in [0.2, 0.25) is 0 Å². The van der Waals surface area contributed by atoms with Crippen LogP contribution in [0.4, 0.5) is 11.4 Å². The van der Waals surface area contributed by atoms with Crippen LogP contribution in [-0.4, -0.2) is 33.6 Å². The Bertz CT molecular complexity index is 1200. The summed E-state index contributed by atoms with van der Waals surface area (Å²) in [7, 11) is 0. The summed E-state index contributed by atoms with van der Waals surface area (Å²) in [6.45, 7) is 0. The molecule has 1 aliphatic heterocycles. The van der Waals surface area contributed by atoms with Gasteiger partial charge in [0, 0.05) is 16.6 Å². The van der Waals surface area contributed by atoms with Crippen LogP contribution in [0, 0.1) is 0 Å². The molecule has 2 N–H and O–H groups in total. The Morgan fingerprint density at radius 1 is 1.06 bits per heavy atom. The number of anilines is 2. The molecule has 4 rings (SSSR count). The number of rotatable bonds is 6. The maximum atomic E-state index is 13.2. The van der Waals surface area contributed by atoms with Crippen LogP contribution >= 0.6 is 27.7 Å². The third kappa shape index (κ3) is 5.88. The zero-order chi connectivity index (χ0) is 23.2. The van der Waals surface area contributed by atoms with Crippen molar-refractivity contribution in [2.24, 2.45) is 10.2 Å².